The molecule has 0 fully saturated rings. The standard InChI is InChI=1S/C21H28O/c1-18(10-6-8-17-22)11-9-12-19(2)14-15-20-13-5-7-16-21(20,3)4/h6,8-15,17H,5,7,16H2,1-4H3/b8-6+,11-9+,15-14+,18-10+,19-12+. The van der Waals surface area contributed by atoms with Crippen molar-refractivity contribution in [2.75, 3.05) is 0 Å². The van der Waals surface area contributed by atoms with Crippen molar-refractivity contribution in [1.29, 1.82) is 0 Å². The van der Waals surface area contributed by atoms with Gasteiger partial charge in [0.1, 0.15) is 6.29 Å². The van der Waals surface area contributed by atoms with E-state index in [9.17, 15) is 4.79 Å². The molecule has 1 rings (SSSR count). The fourth-order valence-electron chi connectivity index (χ4n) is 2.45. The quantitative estimate of drug-likeness (QED) is 0.339. The second kappa shape index (κ2) is 9.19. The first-order valence-corrected chi connectivity index (χ1v) is 7.98. The maximum atomic E-state index is 10.2. The van der Waals surface area contributed by atoms with Crippen molar-refractivity contribution >= 4 is 6.29 Å². The third-order valence-electron chi connectivity index (χ3n) is 3.94. The van der Waals surface area contributed by atoms with E-state index in [1.165, 1.54) is 36.5 Å². The summed E-state index contributed by atoms with van der Waals surface area (Å²) in [6, 6.07) is 0. The number of aldehydes is 1. The van der Waals surface area contributed by atoms with Crippen LogP contribution >= 0.6 is 0 Å². The van der Waals surface area contributed by atoms with Gasteiger partial charge in [0.2, 0.25) is 0 Å². The van der Waals surface area contributed by atoms with Gasteiger partial charge in [0, 0.05) is 0 Å². The highest BCUT2D eigenvalue weighted by atomic mass is 16.1. The van der Waals surface area contributed by atoms with Crippen molar-refractivity contribution in [2.45, 2.75) is 47.0 Å². The lowest BCUT2D eigenvalue weighted by Gasteiger charge is -2.30. The van der Waals surface area contributed by atoms with E-state index in [0.29, 0.717) is 5.41 Å². The summed E-state index contributed by atoms with van der Waals surface area (Å²) >= 11 is 0. The van der Waals surface area contributed by atoms with E-state index in [1.54, 1.807) is 6.08 Å². The van der Waals surface area contributed by atoms with Gasteiger partial charge >= 0.3 is 0 Å². The lowest BCUT2D eigenvalue weighted by molar-refractivity contribution is -0.104. The van der Waals surface area contributed by atoms with Crippen molar-refractivity contribution in [1.82, 2.24) is 0 Å². The van der Waals surface area contributed by atoms with Crippen LogP contribution in [0.25, 0.3) is 0 Å². The Morgan fingerprint density at radius 2 is 1.73 bits per heavy atom. The summed E-state index contributed by atoms with van der Waals surface area (Å²) < 4.78 is 0. The molecule has 0 unspecified atom stereocenters. The van der Waals surface area contributed by atoms with Gasteiger partial charge in [0.25, 0.3) is 0 Å². The van der Waals surface area contributed by atoms with E-state index in [2.05, 4.69) is 45.1 Å². The van der Waals surface area contributed by atoms with Crippen LogP contribution in [-0.2, 0) is 4.79 Å². The Hall–Kier alpha value is -1.89. The number of hydrogen-bond donors (Lipinski definition) is 0. The molecule has 0 bridgehead atoms. The van der Waals surface area contributed by atoms with Crippen LogP contribution in [0.15, 0.2) is 71.4 Å². The summed E-state index contributed by atoms with van der Waals surface area (Å²) in [4.78, 5) is 10.2. The first-order valence-electron chi connectivity index (χ1n) is 7.98. The first-order chi connectivity index (χ1) is 10.5. The van der Waals surface area contributed by atoms with Crippen LogP contribution in [0.2, 0.25) is 0 Å². The van der Waals surface area contributed by atoms with Crippen molar-refractivity contribution in [2.24, 2.45) is 5.41 Å². The van der Waals surface area contributed by atoms with Crippen LogP contribution in [0.1, 0.15) is 47.0 Å². The number of carbonyl (C=O) groups excluding carboxylic acids is 1. The molecule has 0 aromatic rings. The zero-order chi connectivity index (χ0) is 16.4. The molecule has 0 N–H and O–H groups in total. The van der Waals surface area contributed by atoms with Crippen molar-refractivity contribution < 1.29 is 4.79 Å². The Morgan fingerprint density at radius 3 is 2.41 bits per heavy atom. The zero-order valence-corrected chi connectivity index (χ0v) is 14.3. The molecule has 0 aromatic carbocycles. The Morgan fingerprint density at radius 1 is 1.05 bits per heavy atom. The maximum absolute atomic E-state index is 10.2. The lowest BCUT2D eigenvalue weighted by Crippen LogP contribution is -2.16. The molecule has 118 valence electrons. The molecular weight excluding hydrogens is 268 g/mol. The summed E-state index contributed by atoms with van der Waals surface area (Å²) in [5.41, 5.74) is 4.09. The minimum Gasteiger partial charge on any atom is -0.299 e. The van der Waals surface area contributed by atoms with Crippen LogP contribution in [-0.4, -0.2) is 6.29 Å². The second-order valence-electron chi connectivity index (χ2n) is 6.47. The van der Waals surface area contributed by atoms with Gasteiger partial charge in [-0.15, -0.1) is 0 Å². The van der Waals surface area contributed by atoms with E-state index in [0.717, 1.165) is 11.9 Å². The molecule has 0 saturated heterocycles. The normalized spacial score (nSPS) is 20.1. The maximum Gasteiger partial charge on any atom is 0.142 e. The molecule has 1 aliphatic carbocycles. The molecule has 0 aliphatic heterocycles. The van der Waals surface area contributed by atoms with Crippen LogP contribution in [0.4, 0.5) is 0 Å². The van der Waals surface area contributed by atoms with Gasteiger partial charge < -0.3 is 0 Å². The third kappa shape index (κ3) is 6.71. The van der Waals surface area contributed by atoms with Gasteiger partial charge in [0.05, 0.1) is 0 Å². The summed E-state index contributed by atoms with van der Waals surface area (Å²) in [6.07, 6.45) is 22.7. The van der Waals surface area contributed by atoms with E-state index in [4.69, 9.17) is 0 Å². The zero-order valence-electron chi connectivity index (χ0n) is 14.3. The largest absolute Gasteiger partial charge is 0.299 e. The van der Waals surface area contributed by atoms with Gasteiger partial charge in [0.15, 0.2) is 0 Å². The number of allylic oxidation sites excluding steroid dienone is 12. The summed E-state index contributed by atoms with van der Waals surface area (Å²) in [5.74, 6) is 0. The molecule has 0 heterocycles. The molecule has 0 amide bonds. The lowest BCUT2D eigenvalue weighted by atomic mass is 9.75. The smallest absolute Gasteiger partial charge is 0.142 e. The van der Waals surface area contributed by atoms with Crippen molar-refractivity contribution in [3.63, 3.8) is 0 Å². The highest BCUT2D eigenvalue weighted by Gasteiger charge is 2.23. The van der Waals surface area contributed by atoms with Crippen LogP contribution in [0.5, 0.6) is 0 Å². The van der Waals surface area contributed by atoms with Crippen LogP contribution < -0.4 is 0 Å². The topological polar surface area (TPSA) is 17.1 Å². The SMILES string of the molecule is CC(/C=C/C=C(C)/C=C/C1=CCCCC1(C)C)=C\C=C\C=O. The van der Waals surface area contributed by atoms with Gasteiger partial charge in [-0.05, 0) is 50.2 Å². The summed E-state index contributed by atoms with van der Waals surface area (Å²) in [6.45, 7) is 8.77. The fourth-order valence-corrected chi connectivity index (χ4v) is 2.45. The number of carbonyl (C=O) groups is 1. The Balaban J connectivity index is 2.64. The van der Waals surface area contributed by atoms with Crippen LogP contribution in [0.3, 0.4) is 0 Å². The summed E-state index contributed by atoms with van der Waals surface area (Å²) in [5, 5.41) is 0. The van der Waals surface area contributed by atoms with Crippen molar-refractivity contribution in [3.05, 3.63) is 71.4 Å². The predicted molar refractivity (Wildman–Crippen MR) is 96.7 cm³/mol. The minimum absolute atomic E-state index is 0.301. The average Bonchev–Trinajstić information content (AvgIpc) is 2.46. The average molecular weight is 296 g/mol. The van der Waals surface area contributed by atoms with E-state index in [1.807, 2.05) is 25.2 Å². The molecule has 22 heavy (non-hydrogen) atoms. The molecule has 0 saturated carbocycles. The molecule has 0 aromatic heterocycles. The molecular formula is C21H28O. The highest BCUT2D eigenvalue weighted by Crippen LogP contribution is 2.37. The van der Waals surface area contributed by atoms with Crippen LogP contribution in [0, 0.1) is 5.41 Å². The summed E-state index contributed by atoms with van der Waals surface area (Å²) in [7, 11) is 0. The van der Waals surface area contributed by atoms with E-state index >= 15 is 0 Å². The molecule has 1 heteroatoms. The monoisotopic (exact) mass is 296 g/mol. The molecule has 1 nitrogen and oxygen atoms in total. The molecule has 1 aliphatic rings. The minimum atomic E-state index is 0.301. The van der Waals surface area contributed by atoms with Gasteiger partial charge in [-0.2, -0.15) is 0 Å². The molecule has 0 radical (unpaired) electrons. The highest BCUT2D eigenvalue weighted by molar-refractivity contribution is 5.65. The van der Waals surface area contributed by atoms with E-state index in [-0.39, 0.29) is 0 Å². The third-order valence-corrected chi connectivity index (χ3v) is 3.94. The number of hydrogen-bond acceptors (Lipinski definition) is 1. The van der Waals surface area contributed by atoms with E-state index < -0.39 is 0 Å². The Bertz CT molecular complexity index is 548. The fraction of sp³-hybridized carbons (Fsp3) is 0.381. The van der Waals surface area contributed by atoms with Gasteiger partial charge in [-0.1, -0.05) is 73.6 Å². The first kappa shape index (κ1) is 18.2. The Kier molecular flexibility index (Phi) is 7.59. The van der Waals surface area contributed by atoms with Gasteiger partial charge in [-0.3, -0.25) is 4.79 Å². The predicted octanol–water partition coefficient (Wildman–Crippen LogP) is 5.88. The molecule has 0 spiro atoms. The number of rotatable bonds is 6. The molecule has 0 atom stereocenters. The van der Waals surface area contributed by atoms with Crippen molar-refractivity contribution in [3.8, 4) is 0 Å². The van der Waals surface area contributed by atoms with Gasteiger partial charge in [-0.25, -0.2) is 0 Å². The second-order valence-corrected chi connectivity index (χ2v) is 6.47. The Labute approximate surface area is 135 Å².